The lowest BCUT2D eigenvalue weighted by Gasteiger charge is -2.10. The smallest absolute Gasteiger partial charge is 0.288 e. The number of nitro groups is 1. The molecule has 8 nitrogen and oxygen atoms in total. The van der Waals surface area contributed by atoms with Gasteiger partial charge in [-0.15, -0.1) is 5.10 Å². The molecule has 1 aliphatic rings. The molecule has 0 fully saturated rings. The van der Waals surface area contributed by atoms with Gasteiger partial charge in [0, 0.05) is 34.3 Å². The third-order valence-electron chi connectivity index (χ3n) is 7.01. The molecule has 6 rings (SSSR count). The first-order valence-corrected chi connectivity index (χ1v) is 13.3. The molecule has 0 saturated heterocycles. The lowest BCUT2D eigenvalue weighted by molar-refractivity contribution is -0.384. The summed E-state index contributed by atoms with van der Waals surface area (Å²) in [5, 5.41) is 16.8. The Morgan fingerprint density at radius 2 is 1.85 bits per heavy atom. The van der Waals surface area contributed by atoms with Crippen LogP contribution in [-0.4, -0.2) is 24.9 Å². The number of hydrogen-bond acceptors (Lipinski definition) is 5. The first kappa shape index (κ1) is 26.0. The van der Waals surface area contributed by atoms with Crippen molar-refractivity contribution in [3.63, 3.8) is 0 Å². The Labute approximate surface area is 237 Å². The SMILES string of the molecule is O=C(c1ccc(Cl)c([N+](=O)[O-])c1)c1c(-c2ccc(Cl)cc2)c2c3n(c(COc4ccccc4F)nn13)CCCC2. The molecule has 0 unspecified atom stereocenters. The number of aryl methyl sites for hydroxylation is 2. The molecular formula is C29H21Cl2FN4O4. The van der Waals surface area contributed by atoms with E-state index in [-0.39, 0.29) is 34.3 Å². The highest BCUT2D eigenvalue weighted by atomic mass is 35.5. The fraction of sp³-hybridized carbons (Fsp3) is 0.172. The molecule has 0 radical (unpaired) electrons. The third-order valence-corrected chi connectivity index (χ3v) is 7.58. The van der Waals surface area contributed by atoms with E-state index >= 15 is 0 Å². The zero-order valence-electron chi connectivity index (χ0n) is 20.9. The van der Waals surface area contributed by atoms with Crippen molar-refractivity contribution in [1.82, 2.24) is 14.2 Å². The number of rotatable bonds is 7. The van der Waals surface area contributed by atoms with E-state index in [9.17, 15) is 19.3 Å². The van der Waals surface area contributed by atoms with E-state index in [1.54, 1.807) is 34.8 Å². The normalized spacial score (nSPS) is 12.9. The summed E-state index contributed by atoms with van der Waals surface area (Å²) >= 11 is 12.2. The number of nitrogens with zero attached hydrogens (tertiary/aromatic N) is 4. The van der Waals surface area contributed by atoms with E-state index in [0.717, 1.165) is 29.6 Å². The number of ether oxygens (including phenoxy) is 1. The number of halogens is 3. The summed E-state index contributed by atoms with van der Waals surface area (Å²) < 4.78 is 23.6. The molecule has 202 valence electrons. The first-order chi connectivity index (χ1) is 19.3. The highest BCUT2D eigenvalue weighted by molar-refractivity contribution is 6.33. The second-order valence-electron chi connectivity index (χ2n) is 9.44. The van der Waals surface area contributed by atoms with Crippen LogP contribution in [0.2, 0.25) is 10.0 Å². The van der Waals surface area contributed by atoms with Gasteiger partial charge in [-0.1, -0.05) is 47.5 Å². The molecule has 0 spiro atoms. The summed E-state index contributed by atoms with van der Waals surface area (Å²) in [6, 6.07) is 17.3. The average Bonchev–Trinajstić information content (AvgIpc) is 3.34. The number of carbonyl (C=O) groups excluding carboxylic acids is 1. The van der Waals surface area contributed by atoms with E-state index < -0.39 is 16.5 Å². The minimum absolute atomic E-state index is 0.0155. The van der Waals surface area contributed by atoms with Gasteiger partial charge in [0.1, 0.15) is 23.0 Å². The van der Waals surface area contributed by atoms with Gasteiger partial charge < -0.3 is 9.30 Å². The highest BCUT2D eigenvalue weighted by Crippen LogP contribution is 2.39. The van der Waals surface area contributed by atoms with Gasteiger partial charge in [-0.25, -0.2) is 8.91 Å². The van der Waals surface area contributed by atoms with Crippen LogP contribution in [-0.2, 0) is 19.6 Å². The lowest BCUT2D eigenvalue weighted by Crippen LogP contribution is -2.10. The summed E-state index contributed by atoms with van der Waals surface area (Å²) in [5.41, 5.74) is 3.13. The predicted molar refractivity (Wildman–Crippen MR) is 149 cm³/mol. The zero-order chi connectivity index (χ0) is 28.0. The number of aromatic nitrogens is 3. The molecular weight excluding hydrogens is 558 g/mol. The predicted octanol–water partition coefficient (Wildman–Crippen LogP) is 7.30. The quantitative estimate of drug-likeness (QED) is 0.115. The van der Waals surface area contributed by atoms with Crippen molar-refractivity contribution in [2.75, 3.05) is 0 Å². The molecule has 1 aliphatic heterocycles. The molecule has 0 bridgehead atoms. The fourth-order valence-corrected chi connectivity index (χ4v) is 5.50. The maximum absolute atomic E-state index is 14.2. The van der Waals surface area contributed by atoms with Crippen molar-refractivity contribution in [1.29, 1.82) is 0 Å². The fourth-order valence-electron chi connectivity index (χ4n) is 5.18. The number of hydrogen-bond donors (Lipinski definition) is 0. The second-order valence-corrected chi connectivity index (χ2v) is 10.3. The molecule has 40 heavy (non-hydrogen) atoms. The van der Waals surface area contributed by atoms with Gasteiger partial charge in [-0.3, -0.25) is 14.9 Å². The van der Waals surface area contributed by atoms with Gasteiger partial charge in [0.25, 0.3) is 5.69 Å². The van der Waals surface area contributed by atoms with Crippen molar-refractivity contribution < 1.29 is 18.8 Å². The maximum Gasteiger partial charge on any atom is 0.288 e. The first-order valence-electron chi connectivity index (χ1n) is 12.6. The standard InChI is InChI=1S/C29H21Cl2FN4O4/c30-19-11-8-17(9-12-19)26-20-5-3-4-14-34-25(16-40-24-7-2-1-6-22(24)32)33-35(29(20)34)27(26)28(37)18-10-13-21(31)23(15-18)36(38)39/h1-2,6-13,15H,3-5,14,16H2. The van der Waals surface area contributed by atoms with E-state index in [4.69, 9.17) is 33.0 Å². The van der Waals surface area contributed by atoms with Crippen molar-refractivity contribution in [3.8, 4) is 16.9 Å². The van der Waals surface area contributed by atoms with Crippen LogP contribution < -0.4 is 4.74 Å². The summed E-state index contributed by atoms with van der Waals surface area (Å²) in [7, 11) is 0. The lowest BCUT2D eigenvalue weighted by atomic mass is 9.95. The Morgan fingerprint density at radius 1 is 1.07 bits per heavy atom. The molecule has 5 aromatic rings. The third kappa shape index (κ3) is 4.51. The molecule has 0 aliphatic carbocycles. The highest BCUT2D eigenvalue weighted by Gasteiger charge is 2.32. The minimum Gasteiger partial charge on any atom is -0.483 e. The maximum atomic E-state index is 14.2. The van der Waals surface area contributed by atoms with Gasteiger partial charge in [-0.05, 0) is 61.2 Å². The van der Waals surface area contributed by atoms with Crippen molar-refractivity contribution in [3.05, 3.63) is 115 Å². The number of carbonyl (C=O) groups is 1. The summed E-state index contributed by atoms with van der Waals surface area (Å²) in [5.74, 6) is -0.302. The van der Waals surface area contributed by atoms with Crippen LogP contribution in [0.3, 0.4) is 0 Å². The second kappa shape index (κ2) is 10.4. The van der Waals surface area contributed by atoms with Gasteiger partial charge in [-0.2, -0.15) is 0 Å². The molecule has 3 heterocycles. The van der Waals surface area contributed by atoms with Crippen LogP contribution in [0, 0.1) is 15.9 Å². The van der Waals surface area contributed by atoms with Crippen LogP contribution >= 0.6 is 23.2 Å². The van der Waals surface area contributed by atoms with Crippen LogP contribution in [0.1, 0.15) is 40.3 Å². The molecule has 2 aromatic heterocycles. The Balaban J connectivity index is 1.56. The average molecular weight is 579 g/mol. The number of benzene rings is 3. The Bertz CT molecular complexity index is 1800. The topological polar surface area (TPSA) is 91.7 Å². The molecule has 0 atom stereocenters. The van der Waals surface area contributed by atoms with Crippen LogP contribution in [0.15, 0.2) is 66.7 Å². The monoisotopic (exact) mass is 578 g/mol. The van der Waals surface area contributed by atoms with E-state index in [1.165, 1.54) is 24.3 Å². The van der Waals surface area contributed by atoms with E-state index in [0.29, 0.717) is 29.4 Å². The van der Waals surface area contributed by atoms with Gasteiger partial charge in [0.05, 0.1) is 4.92 Å². The Kier molecular flexibility index (Phi) is 6.77. The van der Waals surface area contributed by atoms with Crippen LogP contribution in [0.25, 0.3) is 16.8 Å². The van der Waals surface area contributed by atoms with Crippen LogP contribution in [0.5, 0.6) is 5.75 Å². The van der Waals surface area contributed by atoms with Crippen molar-refractivity contribution >= 4 is 40.3 Å². The number of ketones is 1. The molecule has 11 heteroatoms. The van der Waals surface area contributed by atoms with Gasteiger partial charge in [0.15, 0.2) is 17.4 Å². The minimum atomic E-state index is -0.621. The summed E-state index contributed by atoms with van der Waals surface area (Å²) in [4.78, 5) is 25.1. The molecule has 0 amide bonds. The van der Waals surface area contributed by atoms with Gasteiger partial charge >= 0.3 is 0 Å². The van der Waals surface area contributed by atoms with Gasteiger partial charge in [0.2, 0.25) is 5.78 Å². The Hall–Kier alpha value is -4.21. The summed E-state index contributed by atoms with van der Waals surface area (Å²) in [6.07, 6.45) is 2.44. The summed E-state index contributed by atoms with van der Waals surface area (Å²) in [6.45, 7) is 0.620. The Morgan fingerprint density at radius 3 is 2.60 bits per heavy atom. The van der Waals surface area contributed by atoms with E-state index in [1.807, 2.05) is 16.7 Å². The van der Waals surface area contributed by atoms with Crippen molar-refractivity contribution in [2.45, 2.75) is 32.4 Å². The van der Waals surface area contributed by atoms with E-state index in [2.05, 4.69) is 0 Å². The molecule has 3 aromatic carbocycles. The molecule has 0 N–H and O–H groups in total. The largest absolute Gasteiger partial charge is 0.483 e. The number of para-hydroxylation sites is 1. The number of nitro benzene ring substituents is 1. The van der Waals surface area contributed by atoms with Crippen molar-refractivity contribution in [2.24, 2.45) is 0 Å². The zero-order valence-corrected chi connectivity index (χ0v) is 22.5. The molecule has 0 saturated carbocycles. The van der Waals surface area contributed by atoms with Crippen LogP contribution in [0.4, 0.5) is 10.1 Å².